The first-order chi connectivity index (χ1) is 24.4. The number of azo groups is 2. The van der Waals surface area contributed by atoms with E-state index >= 15 is 0 Å². The summed E-state index contributed by atoms with van der Waals surface area (Å²) in [5, 5.41) is 73.9. The van der Waals surface area contributed by atoms with Crippen molar-refractivity contribution in [2.45, 2.75) is 27.7 Å². The summed E-state index contributed by atoms with van der Waals surface area (Å²) in [5.74, 6) is -0.465. The number of aliphatic hydroxyl groups is 2. The molecular weight excluding hydrogens is 735 g/mol. The van der Waals surface area contributed by atoms with E-state index in [1.54, 1.807) is 37.3 Å². The lowest BCUT2D eigenvalue weighted by Crippen LogP contribution is -2.21. The molecule has 0 aliphatic carbocycles. The fourth-order valence-electron chi connectivity index (χ4n) is 4.62. The third-order valence-electron chi connectivity index (χ3n) is 7.02. The molecule has 5 aromatic rings. The van der Waals surface area contributed by atoms with Crippen molar-refractivity contribution in [3.63, 3.8) is 0 Å². The number of rotatable bonds is 15. The van der Waals surface area contributed by atoms with Gasteiger partial charge in [-0.15, -0.1) is 18.9 Å². The number of phenolic OH excluding ortho intramolecular Hbond substituents is 1. The number of benzene rings is 5. The minimum atomic E-state index is -4.71. The van der Waals surface area contributed by atoms with E-state index in [9.17, 15) is 28.3 Å². The summed E-state index contributed by atoms with van der Waals surface area (Å²) in [4.78, 5) is 0.0392. The molecule has 1 unspecified atom stereocenters. The Labute approximate surface area is 296 Å². The Bertz CT molecular complexity index is 2240. The number of aliphatic hydroxyl groups excluding tert-OH is 2. The summed E-state index contributed by atoms with van der Waals surface area (Å²) in [6.07, 6.45) is -1.24. The van der Waals surface area contributed by atoms with Crippen molar-refractivity contribution in [2.75, 3.05) is 18.9 Å². The minimum absolute atomic E-state index is 0.0143. The van der Waals surface area contributed by atoms with Crippen LogP contribution in [0.15, 0.2) is 102 Å². The number of hydrogen-bond donors (Lipinski definition) is 7. The average molecular weight is 762 g/mol. The van der Waals surface area contributed by atoms with E-state index in [4.69, 9.17) is 21.0 Å². The van der Waals surface area contributed by atoms with Crippen LogP contribution >= 0.6 is 24.1 Å². The Morgan fingerprint density at radius 3 is 2.29 bits per heavy atom. The SMILES string of the molecule is Cc1cc(N=Nc2c(SOOO)cc3cc(S(=O)(=O)O)c(N)cc3c2O)c(OCC(O)CO)cc1N=Nc1ccc2ccc(SOOO)cc2c1. The standard InChI is InChI=1S/C30H27N5O13S3/c1-15-6-25(34-35-29-27(50-48-46-40)9-18-10-28(51(41,42)43)23(31)11-22(18)30(29)38)26(44-14-20(37)13-36)12-24(15)33-32-19-4-2-16-3-5-21(49-47-45-39)8-17(16)7-19/h2-12,20,36-40H,13-14,31H2,1H3,(H,41,42,43). The Hall–Kier alpha value is -4.49. The van der Waals surface area contributed by atoms with E-state index in [1.165, 1.54) is 12.1 Å². The first-order valence-corrected chi connectivity index (χ1v) is 17.1. The second-order valence-electron chi connectivity index (χ2n) is 10.5. The lowest BCUT2D eigenvalue weighted by Gasteiger charge is -2.14. The van der Waals surface area contributed by atoms with Crippen LogP contribution in [0.5, 0.6) is 11.5 Å². The van der Waals surface area contributed by atoms with E-state index < -0.39 is 33.5 Å². The Kier molecular flexibility index (Phi) is 12.4. The number of fused-ring (bicyclic) bond motifs is 2. The molecule has 0 aromatic heterocycles. The van der Waals surface area contributed by atoms with Gasteiger partial charge in [0.05, 0.1) is 52.7 Å². The monoisotopic (exact) mass is 761 g/mol. The van der Waals surface area contributed by atoms with Gasteiger partial charge in [0.25, 0.3) is 10.1 Å². The lowest BCUT2D eigenvalue weighted by atomic mass is 10.1. The fourth-order valence-corrected chi connectivity index (χ4v) is 6.16. The molecule has 0 heterocycles. The highest BCUT2D eigenvalue weighted by Gasteiger charge is 2.21. The summed E-state index contributed by atoms with van der Waals surface area (Å²) < 4.78 is 47.9. The molecule has 0 saturated carbocycles. The van der Waals surface area contributed by atoms with Crippen LogP contribution in [0.25, 0.3) is 21.5 Å². The number of aromatic hydroxyl groups is 1. The van der Waals surface area contributed by atoms with Gasteiger partial charge in [0.15, 0.2) is 5.75 Å². The van der Waals surface area contributed by atoms with Crippen LogP contribution in [-0.4, -0.2) is 58.1 Å². The molecule has 1 atom stereocenters. The van der Waals surface area contributed by atoms with Crippen LogP contribution in [0.1, 0.15) is 5.56 Å². The van der Waals surface area contributed by atoms with Gasteiger partial charge in [0.2, 0.25) is 0 Å². The third kappa shape index (κ3) is 9.25. The summed E-state index contributed by atoms with van der Waals surface area (Å²) in [7, 11) is -4.71. The van der Waals surface area contributed by atoms with Gasteiger partial charge in [-0.3, -0.25) is 4.55 Å². The lowest BCUT2D eigenvalue weighted by molar-refractivity contribution is -0.432. The predicted molar refractivity (Wildman–Crippen MR) is 183 cm³/mol. The molecule has 0 radical (unpaired) electrons. The summed E-state index contributed by atoms with van der Waals surface area (Å²) in [5.41, 5.74) is 6.75. The molecule has 51 heavy (non-hydrogen) atoms. The number of nitrogens with two attached hydrogens (primary N) is 1. The van der Waals surface area contributed by atoms with Gasteiger partial charge in [-0.2, -0.15) is 18.6 Å². The van der Waals surface area contributed by atoms with Crippen LogP contribution in [-0.2, 0) is 28.9 Å². The van der Waals surface area contributed by atoms with Gasteiger partial charge >= 0.3 is 0 Å². The molecule has 8 N–H and O–H groups in total. The molecular formula is C30H27N5O13S3. The number of ether oxygens (including phenoxy) is 1. The van der Waals surface area contributed by atoms with Gasteiger partial charge < -0.3 is 25.8 Å². The zero-order valence-corrected chi connectivity index (χ0v) is 28.4. The van der Waals surface area contributed by atoms with Gasteiger partial charge in [0, 0.05) is 16.3 Å². The summed E-state index contributed by atoms with van der Waals surface area (Å²) in [6, 6.07) is 17.3. The van der Waals surface area contributed by atoms with E-state index in [-0.39, 0.29) is 45.1 Å². The van der Waals surface area contributed by atoms with Crippen molar-refractivity contribution in [1.82, 2.24) is 0 Å². The topological polar surface area (TPSA) is 277 Å². The van der Waals surface area contributed by atoms with Crippen LogP contribution in [0.2, 0.25) is 0 Å². The van der Waals surface area contributed by atoms with Crippen LogP contribution < -0.4 is 10.5 Å². The van der Waals surface area contributed by atoms with Gasteiger partial charge in [-0.1, -0.05) is 22.2 Å². The van der Waals surface area contributed by atoms with E-state index in [0.29, 0.717) is 33.9 Å². The first kappa shape index (κ1) is 37.8. The molecule has 0 aliphatic heterocycles. The molecule has 5 aromatic carbocycles. The van der Waals surface area contributed by atoms with Crippen molar-refractivity contribution < 1.29 is 62.3 Å². The highest BCUT2D eigenvalue weighted by molar-refractivity contribution is 7.95. The Morgan fingerprint density at radius 1 is 0.843 bits per heavy atom. The number of phenols is 1. The third-order valence-corrected chi connectivity index (χ3v) is 9.12. The van der Waals surface area contributed by atoms with Crippen LogP contribution in [0.4, 0.5) is 28.4 Å². The van der Waals surface area contributed by atoms with Crippen molar-refractivity contribution in [3.05, 3.63) is 72.3 Å². The molecule has 0 fully saturated rings. The zero-order valence-electron chi connectivity index (χ0n) is 26.0. The molecule has 268 valence electrons. The normalized spacial score (nSPS) is 12.8. The molecule has 0 aliphatic rings. The smallest absolute Gasteiger partial charge is 0.296 e. The second-order valence-corrected chi connectivity index (χ2v) is 13.4. The predicted octanol–water partition coefficient (Wildman–Crippen LogP) is 7.26. The van der Waals surface area contributed by atoms with Crippen LogP contribution in [0.3, 0.4) is 0 Å². The molecule has 21 heteroatoms. The molecule has 0 saturated heterocycles. The van der Waals surface area contributed by atoms with Crippen LogP contribution in [0, 0.1) is 6.92 Å². The van der Waals surface area contributed by atoms with Crippen molar-refractivity contribution in [3.8, 4) is 11.5 Å². The summed E-state index contributed by atoms with van der Waals surface area (Å²) in [6.45, 7) is 0.787. The van der Waals surface area contributed by atoms with E-state index in [1.807, 2.05) is 12.1 Å². The Morgan fingerprint density at radius 2 is 1.57 bits per heavy atom. The maximum atomic E-state index is 11.8. The molecule has 5 rings (SSSR count). The maximum Gasteiger partial charge on any atom is 0.296 e. The van der Waals surface area contributed by atoms with Gasteiger partial charge in [-0.05, 0) is 77.2 Å². The first-order valence-electron chi connectivity index (χ1n) is 14.2. The fraction of sp³-hybridized carbons (Fsp3) is 0.133. The average Bonchev–Trinajstić information content (AvgIpc) is 3.11. The highest BCUT2D eigenvalue weighted by Crippen LogP contribution is 2.46. The second kappa shape index (κ2) is 16.7. The van der Waals surface area contributed by atoms with E-state index in [2.05, 4.69) is 39.2 Å². The molecule has 0 spiro atoms. The quantitative estimate of drug-likeness (QED) is 0.0138. The number of nitrogen functional groups attached to an aromatic ring is 1. The largest absolute Gasteiger partial charge is 0.505 e. The van der Waals surface area contributed by atoms with Crippen molar-refractivity contribution >= 4 is 84.2 Å². The number of aryl methyl sites for hydroxylation is 1. The number of hydrogen-bond acceptors (Lipinski definition) is 19. The highest BCUT2D eigenvalue weighted by atomic mass is 32.2. The number of nitrogens with zero attached hydrogens (tertiary/aromatic N) is 4. The maximum absolute atomic E-state index is 11.8. The van der Waals surface area contributed by atoms with Crippen molar-refractivity contribution in [2.24, 2.45) is 20.5 Å². The molecule has 0 bridgehead atoms. The Balaban J connectivity index is 1.53. The van der Waals surface area contributed by atoms with Crippen molar-refractivity contribution in [1.29, 1.82) is 0 Å². The molecule has 18 nitrogen and oxygen atoms in total. The van der Waals surface area contributed by atoms with Gasteiger partial charge in [0.1, 0.15) is 34.7 Å². The minimum Gasteiger partial charge on any atom is -0.505 e. The van der Waals surface area contributed by atoms with Gasteiger partial charge in [-0.25, -0.2) is 10.5 Å². The van der Waals surface area contributed by atoms with E-state index in [0.717, 1.165) is 34.9 Å². The number of anilines is 1. The zero-order chi connectivity index (χ0) is 36.7. The summed E-state index contributed by atoms with van der Waals surface area (Å²) >= 11 is 1.21. The molecule has 0 amide bonds.